The number of hydrogen-bond acceptors (Lipinski definition) is 2. The van der Waals surface area contributed by atoms with Crippen LogP contribution in [0.5, 0.6) is 0 Å². The number of hydrogen-bond donors (Lipinski definition) is 2. The number of rotatable bonds is 7. The monoisotopic (exact) mass is 313 g/mol. The van der Waals surface area contributed by atoms with Gasteiger partial charge in [0.25, 0.3) is 5.91 Å². The maximum atomic E-state index is 12.4. The van der Waals surface area contributed by atoms with Gasteiger partial charge in [0.05, 0.1) is 11.6 Å². The van der Waals surface area contributed by atoms with Crippen LogP contribution in [-0.4, -0.2) is 30.6 Å². The van der Waals surface area contributed by atoms with E-state index < -0.39 is 0 Å². The third-order valence-corrected chi connectivity index (χ3v) is 4.29. The highest BCUT2D eigenvalue weighted by atomic mass is 16.1. The van der Waals surface area contributed by atoms with Crippen LogP contribution in [0.4, 0.5) is 0 Å². The highest BCUT2D eigenvalue weighted by Crippen LogP contribution is 2.25. The lowest BCUT2D eigenvalue weighted by Gasteiger charge is -2.19. The van der Waals surface area contributed by atoms with Crippen molar-refractivity contribution >= 4 is 5.91 Å². The maximum absolute atomic E-state index is 12.4. The van der Waals surface area contributed by atoms with Crippen LogP contribution in [0.15, 0.2) is 36.4 Å². The Morgan fingerprint density at radius 1 is 1.17 bits per heavy atom. The van der Waals surface area contributed by atoms with Crippen molar-refractivity contribution in [1.82, 2.24) is 15.2 Å². The lowest BCUT2D eigenvalue weighted by atomic mass is 10.1. The van der Waals surface area contributed by atoms with Gasteiger partial charge in [-0.3, -0.25) is 4.79 Å². The number of nitrogens with zero attached hydrogens (tertiary/aromatic N) is 1. The van der Waals surface area contributed by atoms with E-state index in [1.54, 1.807) is 0 Å². The second kappa shape index (κ2) is 7.97. The molecule has 1 amide bonds. The van der Waals surface area contributed by atoms with E-state index in [2.05, 4.69) is 53.3 Å². The van der Waals surface area contributed by atoms with E-state index in [1.807, 2.05) is 26.1 Å². The fourth-order valence-corrected chi connectivity index (χ4v) is 3.05. The number of amides is 1. The molecule has 0 bridgehead atoms. The second-order valence-corrected chi connectivity index (χ2v) is 5.95. The first kappa shape index (κ1) is 17.3. The van der Waals surface area contributed by atoms with Gasteiger partial charge in [0.2, 0.25) is 0 Å². The van der Waals surface area contributed by atoms with Gasteiger partial charge >= 0.3 is 0 Å². The summed E-state index contributed by atoms with van der Waals surface area (Å²) >= 11 is 0. The third kappa shape index (κ3) is 4.02. The van der Waals surface area contributed by atoms with Gasteiger partial charge in [0, 0.05) is 17.9 Å². The summed E-state index contributed by atoms with van der Waals surface area (Å²) in [5, 5.41) is 6.09. The van der Waals surface area contributed by atoms with Gasteiger partial charge in [-0.1, -0.05) is 30.3 Å². The van der Waals surface area contributed by atoms with Crippen LogP contribution in [0, 0.1) is 13.8 Å². The van der Waals surface area contributed by atoms with Crippen molar-refractivity contribution in [1.29, 1.82) is 0 Å². The molecule has 124 valence electrons. The molecule has 0 aliphatic carbocycles. The number of carbonyl (C=O) groups is 1. The first-order valence-corrected chi connectivity index (χ1v) is 8.22. The fourth-order valence-electron chi connectivity index (χ4n) is 3.05. The summed E-state index contributed by atoms with van der Waals surface area (Å²) in [6.45, 7) is 7.85. The van der Waals surface area contributed by atoms with Crippen LogP contribution >= 0.6 is 0 Å². The number of aromatic nitrogens is 1. The van der Waals surface area contributed by atoms with Crippen LogP contribution in [0.2, 0.25) is 0 Å². The van der Waals surface area contributed by atoms with Gasteiger partial charge in [0.15, 0.2) is 0 Å². The topological polar surface area (TPSA) is 46.1 Å². The van der Waals surface area contributed by atoms with E-state index in [9.17, 15) is 4.79 Å². The van der Waals surface area contributed by atoms with Gasteiger partial charge in [-0.2, -0.15) is 0 Å². The molecule has 1 aromatic heterocycles. The molecule has 2 N–H and O–H groups in total. The molecule has 23 heavy (non-hydrogen) atoms. The minimum Gasteiger partial charge on any atom is -0.352 e. The first-order valence-electron chi connectivity index (χ1n) is 8.22. The summed E-state index contributed by atoms with van der Waals surface area (Å²) in [5.74, 6) is 0.0146. The standard InChI is InChI=1S/C19H27N3O/c1-14-13-18(19(23)21-12-8-11-20-4)16(3)22(14)15(2)17-9-6-5-7-10-17/h5-7,9-10,13,15,20H,8,11-12H2,1-4H3,(H,21,23). The Bertz CT molecular complexity index is 646. The van der Waals surface area contributed by atoms with Crippen LogP contribution in [0.25, 0.3) is 0 Å². The Morgan fingerprint density at radius 3 is 2.52 bits per heavy atom. The molecule has 2 rings (SSSR count). The smallest absolute Gasteiger partial charge is 0.253 e. The summed E-state index contributed by atoms with van der Waals surface area (Å²) in [6.07, 6.45) is 0.932. The predicted molar refractivity (Wildman–Crippen MR) is 95.0 cm³/mol. The summed E-state index contributed by atoms with van der Waals surface area (Å²) < 4.78 is 2.23. The van der Waals surface area contributed by atoms with Crippen molar-refractivity contribution in [3.05, 3.63) is 58.9 Å². The van der Waals surface area contributed by atoms with Crippen molar-refractivity contribution in [2.45, 2.75) is 33.2 Å². The Morgan fingerprint density at radius 2 is 1.87 bits per heavy atom. The largest absolute Gasteiger partial charge is 0.352 e. The number of aryl methyl sites for hydroxylation is 1. The average Bonchev–Trinajstić information content (AvgIpc) is 2.86. The zero-order chi connectivity index (χ0) is 16.8. The van der Waals surface area contributed by atoms with E-state index in [4.69, 9.17) is 0 Å². The first-order chi connectivity index (χ1) is 11.1. The van der Waals surface area contributed by atoms with Gasteiger partial charge in [0.1, 0.15) is 0 Å². The SMILES string of the molecule is CNCCCNC(=O)c1cc(C)n(C(C)c2ccccc2)c1C. The van der Waals surface area contributed by atoms with Crippen LogP contribution in [-0.2, 0) is 0 Å². The van der Waals surface area contributed by atoms with Crippen molar-refractivity contribution in [3.63, 3.8) is 0 Å². The summed E-state index contributed by atoms with van der Waals surface area (Å²) in [4.78, 5) is 12.4. The third-order valence-electron chi connectivity index (χ3n) is 4.29. The zero-order valence-corrected chi connectivity index (χ0v) is 14.5. The van der Waals surface area contributed by atoms with Crippen molar-refractivity contribution < 1.29 is 4.79 Å². The molecule has 0 saturated carbocycles. The highest BCUT2D eigenvalue weighted by Gasteiger charge is 2.19. The van der Waals surface area contributed by atoms with Gasteiger partial charge in [-0.05, 0) is 52.4 Å². The van der Waals surface area contributed by atoms with Crippen molar-refractivity contribution in [2.75, 3.05) is 20.1 Å². The maximum Gasteiger partial charge on any atom is 0.253 e. The Balaban J connectivity index is 2.17. The number of benzene rings is 1. The Labute approximate surface area is 138 Å². The molecule has 0 aliphatic heterocycles. The molecule has 2 aromatic rings. The normalized spacial score (nSPS) is 12.2. The van der Waals surface area contributed by atoms with Crippen LogP contribution in [0.1, 0.15) is 46.7 Å². The predicted octanol–water partition coefficient (Wildman–Crippen LogP) is 3.05. The molecule has 1 aromatic carbocycles. The molecular weight excluding hydrogens is 286 g/mol. The van der Waals surface area contributed by atoms with Gasteiger partial charge < -0.3 is 15.2 Å². The lowest BCUT2D eigenvalue weighted by Crippen LogP contribution is -2.27. The highest BCUT2D eigenvalue weighted by molar-refractivity contribution is 5.95. The summed E-state index contributed by atoms with van der Waals surface area (Å²) in [7, 11) is 1.92. The van der Waals surface area contributed by atoms with E-state index in [0.29, 0.717) is 6.54 Å². The van der Waals surface area contributed by atoms with Gasteiger partial charge in [-0.25, -0.2) is 0 Å². The fraction of sp³-hybridized carbons (Fsp3) is 0.421. The molecule has 0 saturated heterocycles. The van der Waals surface area contributed by atoms with E-state index in [-0.39, 0.29) is 11.9 Å². The van der Waals surface area contributed by atoms with Gasteiger partial charge in [-0.15, -0.1) is 0 Å². The zero-order valence-electron chi connectivity index (χ0n) is 14.5. The quantitative estimate of drug-likeness (QED) is 0.772. The minimum atomic E-state index is 0.0146. The lowest BCUT2D eigenvalue weighted by molar-refractivity contribution is 0.0952. The van der Waals surface area contributed by atoms with E-state index in [0.717, 1.165) is 29.9 Å². The Hall–Kier alpha value is -2.07. The Kier molecular flexibility index (Phi) is 5.99. The molecular formula is C19H27N3O. The van der Waals surface area contributed by atoms with Crippen molar-refractivity contribution in [3.8, 4) is 0 Å². The molecule has 4 heteroatoms. The van der Waals surface area contributed by atoms with Crippen LogP contribution < -0.4 is 10.6 Å². The second-order valence-electron chi connectivity index (χ2n) is 5.95. The minimum absolute atomic E-state index is 0.0146. The van der Waals surface area contributed by atoms with E-state index >= 15 is 0 Å². The molecule has 0 aliphatic rings. The van der Waals surface area contributed by atoms with E-state index in [1.165, 1.54) is 5.56 Å². The average molecular weight is 313 g/mol. The number of nitrogens with one attached hydrogen (secondary N) is 2. The molecule has 1 unspecified atom stereocenters. The van der Waals surface area contributed by atoms with Crippen LogP contribution in [0.3, 0.4) is 0 Å². The van der Waals surface area contributed by atoms with Crippen molar-refractivity contribution in [2.24, 2.45) is 0 Å². The summed E-state index contributed by atoms with van der Waals surface area (Å²) in [5.41, 5.74) is 4.15. The number of carbonyl (C=O) groups excluding carboxylic acids is 1. The summed E-state index contributed by atoms with van der Waals surface area (Å²) in [6, 6.07) is 12.6. The molecule has 4 nitrogen and oxygen atoms in total. The molecule has 0 radical (unpaired) electrons. The molecule has 0 fully saturated rings. The molecule has 0 spiro atoms. The molecule has 1 atom stereocenters. The molecule has 1 heterocycles.